The molecule has 5 heteroatoms. The van der Waals surface area contributed by atoms with E-state index >= 15 is 0 Å². The normalized spacial score (nSPS) is 16.6. The first-order chi connectivity index (χ1) is 12.0. The van der Waals surface area contributed by atoms with Crippen molar-refractivity contribution in [2.24, 2.45) is 0 Å². The lowest BCUT2D eigenvalue weighted by Crippen LogP contribution is -2.32. The summed E-state index contributed by atoms with van der Waals surface area (Å²) in [5.41, 5.74) is 2.48. The second-order valence-electron chi connectivity index (χ2n) is 6.55. The summed E-state index contributed by atoms with van der Waals surface area (Å²) in [6.45, 7) is 1.45. The molecule has 0 aliphatic carbocycles. The number of hydrogen-bond donors (Lipinski definition) is 1. The summed E-state index contributed by atoms with van der Waals surface area (Å²) in [5.74, 6) is 0.301. The Balaban J connectivity index is 1.63. The van der Waals surface area contributed by atoms with Gasteiger partial charge in [0.1, 0.15) is 0 Å². The summed E-state index contributed by atoms with van der Waals surface area (Å²) in [7, 11) is 3.42. The summed E-state index contributed by atoms with van der Waals surface area (Å²) in [5, 5.41) is 2.91. The number of nitrogens with one attached hydrogen (secondary N) is 1. The number of likely N-dealkylation sites (tertiary alicyclic amines) is 1. The zero-order chi connectivity index (χ0) is 17.8. The first-order valence-corrected chi connectivity index (χ1v) is 8.47. The lowest BCUT2D eigenvalue weighted by Gasteiger charge is -2.18. The number of amides is 3. The molecule has 0 bridgehead atoms. The molecule has 2 aromatic carbocycles. The molecule has 0 radical (unpaired) electrons. The van der Waals surface area contributed by atoms with Crippen molar-refractivity contribution in [2.75, 3.05) is 32.5 Å². The largest absolute Gasteiger partial charge is 0.345 e. The number of carbonyl (C=O) groups excluding carboxylic acids is 2. The minimum absolute atomic E-state index is 0.0820. The van der Waals surface area contributed by atoms with Crippen molar-refractivity contribution in [1.82, 2.24) is 9.80 Å². The zero-order valence-electron chi connectivity index (χ0n) is 14.6. The Labute approximate surface area is 148 Å². The SMILES string of the molecule is CN(C)C(=O)c1cccc(NC(=O)N2CCC(c3ccccc3)C2)c1. The van der Waals surface area contributed by atoms with Crippen molar-refractivity contribution in [3.63, 3.8) is 0 Å². The maximum atomic E-state index is 12.5. The topological polar surface area (TPSA) is 52.7 Å². The Bertz CT molecular complexity index is 759. The van der Waals surface area contributed by atoms with Crippen molar-refractivity contribution >= 4 is 17.6 Å². The van der Waals surface area contributed by atoms with Crippen LogP contribution in [0.3, 0.4) is 0 Å². The van der Waals surface area contributed by atoms with Crippen LogP contribution in [0.25, 0.3) is 0 Å². The lowest BCUT2D eigenvalue weighted by molar-refractivity contribution is 0.0827. The molecule has 0 spiro atoms. The minimum Gasteiger partial charge on any atom is -0.345 e. The van der Waals surface area contributed by atoms with Gasteiger partial charge in [0.25, 0.3) is 5.91 Å². The van der Waals surface area contributed by atoms with E-state index in [0.29, 0.717) is 23.7 Å². The number of anilines is 1. The molecule has 1 fully saturated rings. The average Bonchev–Trinajstić information content (AvgIpc) is 3.12. The van der Waals surface area contributed by atoms with Crippen LogP contribution < -0.4 is 5.32 Å². The molecule has 25 heavy (non-hydrogen) atoms. The molecule has 0 saturated carbocycles. The Morgan fingerprint density at radius 1 is 1.08 bits per heavy atom. The van der Waals surface area contributed by atoms with Gasteiger partial charge >= 0.3 is 6.03 Å². The molecule has 1 saturated heterocycles. The molecule has 1 unspecified atom stereocenters. The van der Waals surface area contributed by atoms with Gasteiger partial charge in [0.2, 0.25) is 0 Å². The smallest absolute Gasteiger partial charge is 0.321 e. The molecule has 3 amide bonds. The number of hydrogen-bond acceptors (Lipinski definition) is 2. The molecule has 3 rings (SSSR count). The van der Waals surface area contributed by atoms with E-state index in [4.69, 9.17) is 0 Å². The molecular formula is C20H23N3O2. The van der Waals surface area contributed by atoms with Gasteiger partial charge in [-0.3, -0.25) is 4.79 Å². The lowest BCUT2D eigenvalue weighted by atomic mass is 9.99. The van der Waals surface area contributed by atoms with Crippen molar-refractivity contribution in [3.05, 3.63) is 65.7 Å². The van der Waals surface area contributed by atoms with Gasteiger partial charge in [-0.1, -0.05) is 36.4 Å². The number of carbonyl (C=O) groups is 2. The van der Waals surface area contributed by atoms with E-state index in [2.05, 4.69) is 17.4 Å². The average molecular weight is 337 g/mol. The van der Waals surface area contributed by atoms with Crippen LogP contribution in [-0.2, 0) is 0 Å². The fraction of sp³-hybridized carbons (Fsp3) is 0.300. The highest BCUT2D eigenvalue weighted by atomic mass is 16.2. The van der Waals surface area contributed by atoms with Crippen LogP contribution in [-0.4, -0.2) is 48.9 Å². The highest BCUT2D eigenvalue weighted by Gasteiger charge is 2.27. The van der Waals surface area contributed by atoms with Gasteiger partial charge < -0.3 is 15.1 Å². The number of nitrogens with zero attached hydrogens (tertiary/aromatic N) is 2. The van der Waals surface area contributed by atoms with Crippen molar-refractivity contribution in [3.8, 4) is 0 Å². The van der Waals surface area contributed by atoms with Crippen LogP contribution >= 0.6 is 0 Å². The van der Waals surface area contributed by atoms with E-state index in [1.165, 1.54) is 10.5 Å². The van der Waals surface area contributed by atoms with Crippen LogP contribution in [0.15, 0.2) is 54.6 Å². The molecule has 1 N–H and O–H groups in total. The zero-order valence-corrected chi connectivity index (χ0v) is 14.6. The molecule has 1 aliphatic rings. The Kier molecular flexibility index (Phi) is 5.03. The standard InChI is InChI=1S/C20H23N3O2/c1-22(2)19(24)16-9-6-10-18(13-16)21-20(25)23-12-11-17(14-23)15-7-4-3-5-8-15/h3-10,13,17H,11-12,14H2,1-2H3,(H,21,25). The number of rotatable bonds is 3. The van der Waals surface area contributed by atoms with Crippen LogP contribution in [0.4, 0.5) is 10.5 Å². The predicted octanol–water partition coefficient (Wildman–Crippen LogP) is 3.41. The van der Waals surface area contributed by atoms with Crippen LogP contribution in [0.2, 0.25) is 0 Å². The third kappa shape index (κ3) is 3.99. The van der Waals surface area contributed by atoms with Crippen molar-refractivity contribution in [1.29, 1.82) is 0 Å². The quantitative estimate of drug-likeness (QED) is 0.933. The second kappa shape index (κ2) is 7.38. The van der Waals surface area contributed by atoms with Gasteiger partial charge in [0.15, 0.2) is 0 Å². The molecule has 1 atom stereocenters. The van der Waals surface area contributed by atoms with E-state index in [1.807, 2.05) is 23.1 Å². The van der Waals surface area contributed by atoms with Crippen LogP contribution in [0.5, 0.6) is 0 Å². The van der Waals surface area contributed by atoms with Gasteiger partial charge in [0.05, 0.1) is 0 Å². The molecule has 2 aromatic rings. The van der Waals surface area contributed by atoms with Gasteiger partial charge in [0, 0.05) is 44.4 Å². The monoisotopic (exact) mass is 337 g/mol. The van der Waals surface area contributed by atoms with Gasteiger partial charge in [-0.25, -0.2) is 4.79 Å². The van der Waals surface area contributed by atoms with Crippen molar-refractivity contribution < 1.29 is 9.59 Å². The summed E-state index contributed by atoms with van der Waals surface area (Å²) in [6, 6.07) is 17.2. The van der Waals surface area contributed by atoms with Gasteiger partial charge in [-0.05, 0) is 30.2 Å². The van der Waals surface area contributed by atoms with Gasteiger partial charge in [-0.15, -0.1) is 0 Å². The second-order valence-corrected chi connectivity index (χ2v) is 6.55. The fourth-order valence-electron chi connectivity index (χ4n) is 3.13. The Hall–Kier alpha value is -2.82. The Morgan fingerprint density at radius 2 is 1.84 bits per heavy atom. The first-order valence-electron chi connectivity index (χ1n) is 8.47. The molecule has 5 nitrogen and oxygen atoms in total. The van der Waals surface area contributed by atoms with E-state index in [1.54, 1.807) is 38.4 Å². The summed E-state index contributed by atoms with van der Waals surface area (Å²) in [4.78, 5) is 27.9. The third-order valence-electron chi connectivity index (χ3n) is 4.51. The maximum absolute atomic E-state index is 12.5. The van der Waals surface area contributed by atoms with Crippen molar-refractivity contribution in [2.45, 2.75) is 12.3 Å². The predicted molar refractivity (Wildman–Crippen MR) is 98.9 cm³/mol. The Morgan fingerprint density at radius 3 is 2.56 bits per heavy atom. The highest BCUT2D eigenvalue weighted by Crippen LogP contribution is 2.27. The van der Waals surface area contributed by atoms with Crippen LogP contribution in [0, 0.1) is 0 Å². The maximum Gasteiger partial charge on any atom is 0.321 e. The highest BCUT2D eigenvalue weighted by molar-refractivity contribution is 5.96. The molecular weight excluding hydrogens is 314 g/mol. The van der Waals surface area contributed by atoms with E-state index in [9.17, 15) is 9.59 Å². The number of benzene rings is 2. The molecule has 0 aromatic heterocycles. The van der Waals surface area contributed by atoms with Gasteiger partial charge in [-0.2, -0.15) is 0 Å². The first kappa shape index (κ1) is 17.0. The number of urea groups is 1. The van der Waals surface area contributed by atoms with Crippen LogP contribution in [0.1, 0.15) is 28.3 Å². The summed E-state index contributed by atoms with van der Waals surface area (Å²) >= 11 is 0. The van der Waals surface area contributed by atoms with E-state index < -0.39 is 0 Å². The molecule has 1 heterocycles. The third-order valence-corrected chi connectivity index (χ3v) is 4.51. The fourth-order valence-corrected chi connectivity index (χ4v) is 3.13. The minimum atomic E-state index is -0.118. The van der Waals surface area contributed by atoms with E-state index in [0.717, 1.165) is 13.0 Å². The van der Waals surface area contributed by atoms with E-state index in [-0.39, 0.29) is 11.9 Å². The summed E-state index contributed by atoms with van der Waals surface area (Å²) in [6.07, 6.45) is 0.969. The molecule has 1 aliphatic heterocycles. The summed E-state index contributed by atoms with van der Waals surface area (Å²) < 4.78 is 0. The molecule has 130 valence electrons.